The number of halogens is 1. The quantitative estimate of drug-likeness (QED) is 0.870. The summed E-state index contributed by atoms with van der Waals surface area (Å²) in [6.07, 6.45) is 8.38. The summed E-state index contributed by atoms with van der Waals surface area (Å²) in [5.74, 6) is 0.398. The topological polar surface area (TPSA) is 42.0 Å². The van der Waals surface area contributed by atoms with Crippen LogP contribution in [0.2, 0.25) is 0 Å². The first kappa shape index (κ1) is 17.6. The van der Waals surface area contributed by atoms with E-state index in [1.165, 1.54) is 44.2 Å². The van der Waals surface area contributed by atoms with E-state index in [0.29, 0.717) is 12.3 Å². The predicted molar refractivity (Wildman–Crippen MR) is 97.5 cm³/mol. The Hall–Kier alpha value is -2.23. The van der Waals surface area contributed by atoms with Gasteiger partial charge in [-0.05, 0) is 61.6 Å². The van der Waals surface area contributed by atoms with Gasteiger partial charge in [0, 0.05) is 17.8 Å². The van der Waals surface area contributed by atoms with Crippen molar-refractivity contribution in [3.63, 3.8) is 0 Å². The van der Waals surface area contributed by atoms with E-state index < -0.39 is 0 Å². The number of nitrogens with zero attached hydrogens (tertiary/aromatic N) is 1. The Morgan fingerprint density at radius 3 is 2.52 bits per heavy atom. The number of amides is 1. The lowest BCUT2D eigenvalue weighted by Gasteiger charge is -2.28. The standard InChI is InChI=1S/C21H25FN2O/c1-15(17-5-3-2-4-6-17)24-21(25)13-16-7-12-20(23-14-16)18-8-10-19(22)11-9-18/h7-12,14-15,17H,2-6,13H2,1H3,(H,24,25)/t15-/m1/s1. The maximum Gasteiger partial charge on any atom is 0.224 e. The SMILES string of the molecule is C[C@@H](NC(=O)Cc1ccc(-c2ccc(F)cc2)nc1)C1CCCCC1. The Labute approximate surface area is 148 Å². The van der Waals surface area contributed by atoms with Crippen molar-refractivity contribution in [1.29, 1.82) is 0 Å². The van der Waals surface area contributed by atoms with Crippen LogP contribution in [0.4, 0.5) is 4.39 Å². The van der Waals surface area contributed by atoms with Gasteiger partial charge in [-0.15, -0.1) is 0 Å². The van der Waals surface area contributed by atoms with Crippen molar-refractivity contribution in [1.82, 2.24) is 10.3 Å². The molecule has 0 spiro atoms. The van der Waals surface area contributed by atoms with E-state index in [4.69, 9.17) is 0 Å². The van der Waals surface area contributed by atoms with Gasteiger partial charge in [0.05, 0.1) is 12.1 Å². The van der Waals surface area contributed by atoms with Gasteiger partial charge in [0.15, 0.2) is 0 Å². The summed E-state index contributed by atoms with van der Waals surface area (Å²) in [5, 5.41) is 3.14. The molecular weight excluding hydrogens is 315 g/mol. The Morgan fingerprint density at radius 1 is 1.16 bits per heavy atom. The zero-order valence-electron chi connectivity index (χ0n) is 14.7. The minimum absolute atomic E-state index is 0.0504. The van der Waals surface area contributed by atoms with Crippen LogP contribution in [0, 0.1) is 11.7 Å². The molecule has 1 saturated carbocycles. The van der Waals surface area contributed by atoms with E-state index >= 15 is 0 Å². The van der Waals surface area contributed by atoms with Crippen molar-refractivity contribution in [2.45, 2.75) is 51.5 Å². The molecule has 1 aromatic carbocycles. The molecule has 1 fully saturated rings. The molecule has 4 heteroatoms. The molecular formula is C21H25FN2O. The predicted octanol–water partition coefficient (Wildman–Crippen LogP) is 4.52. The average Bonchev–Trinajstić information content (AvgIpc) is 2.64. The Morgan fingerprint density at radius 2 is 1.88 bits per heavy atom. The zero-order chi connectivity index (χ0) is 17.6. The van der Waals surface area contributed by atoms with Gasteiger partial charge in [-0.3, -0.25) is 9.78 Å². The van der Waals surface area contributed by atoms with Gasteiger partial charge in [-0.1, -0.05) is 25.3 Å². The van der Waals surface area contributed by atoms with E-state index in [9.17, 15) is 9.18 Å². The van der Waals surface area contributed by atoms with Gasteiger partial charge in [-0.25, -0.2) is 4.39 Å². The van der Waals surface area contributed by atoms with Crippen LogP contribution in [0.25, 0.3) is 11.3 Å². The second-order valence-electron chi connectivity index (χ2n) is 6.99. The average molecular weight is 340 g/mol. The van der Waals surface area contributed by atoms with Crippen LogP contribution in [0.1, 0.15) is 44.6 Å². The van der Waals surface area contributed by atoms with Crippen LogP contribution < -0.4 is 5.32 Å². The number of rotatable bonds is 5. The van der Waals surface area contributed by atoms with Gasteiger partial charge in [0.1, 0.15) is 5.82 Å². The number of carbonyl (C=O) groups excluding carboxylic acids is 1. The highest BCUT2D eigenvalue weighted by Gasteiger charge is 2.21. The Kier molecular flexibility index (Phi) is 5.79. The van der Waals surface area contributed by atoms with Crippen molar-refractivity contribution >= 4 is 5.91 Å². The van der Waals surface area contributed by atoms with Gasteiger partial charge in [0.25, 0.3) is 0 Å². The molecule has 0 aliphatic heterocycles. The maximum absolute atomic E-state index is 13.0. The summed E-state index contributed by atoms with van der Waals surface area (Å²) in [6, 6.07) is 10.3. The summed E-state index contributed by atoms with van der Waals surface area (Å²) in [5.41, 5.74) is 2.53. The van der Waals surface area contributed by atoms with Crippen LogP contribution in [0.15, 0.2) is 42.6 Å². The van der Waals surface area contributed by atoms with E-state index in [1.807, 2.05) is 12.1 Å². The third-order valence-corrected chi connectivity index (χ3v) is 5.08. The zero-order valence-corrected chi connectivity index (χ0v) is 14.7. The summed E-state index contributed by atoms with van der Waals surface area (Å²) in [4.78, 5) is 16.7. The molecule has 0 bridgehead atoms. The molecule has 1 amide bonds. The van der Waals surface area contributed by atoms with E-state index in [1.54, 1.807) is 18.3 Å². The third kappa shape index (κ3) is 4.88. The molecule has 1 atom stereocenters. The third-order valence-electron chi connectivity index (χ3n) is 5.08. The first-order valence-corrected chi connectivity index (χ1v) is 9.12. The van der Waals surface area contributed by atoms with Crippen molar-refractivity contribution in [2.75, 3.05) is 0 Å². The Bertz CT molecular complexity index is 691. The van der Waals surface area contributed by atoms with Crippen molar-refractivity contribution in [3.05, 3.63) is 54.0 Å². The molecule has 3 rings (SSSR count). The molecule has 2 aromatic rings. The minimum atomic E-state index is -0.260. The molecule has 3 nitrogen and oxygen atoms in total. The van der Waals surface area contributed by atoms with Crippen molar-refractivity contribution in [2.24, 2.45) is 5.92 Å². The summed E-state index contributed by atoms with van der Waals surface area (Å²) in [6.45, 7) is 2.11. The van der Waals surface area contributed by atoms with Gasteiger partial charge in [-0.2, -0.15) is 0 Å². The fourth-order valence-electron chi connectivity index (χ4n) is 3.56. The molecule has 25 heavy (non-hydrogen) atoms. The minimum Gasteiger partial charge on any atom is -0.353 e. The fraction of sp³-hybridized carbons (Fsp3) is 0.429. The van der Waals surface area contributed by atoms with E-state index in [0.717, 1.165) is 16.8 Å². The first-order chi connectivity index (χ1) is 12.1. The molecule has 1 N–H and O–H groups in total. The lowest BCUT2D eigenvalue weighted by molar-refractivity contribution is -0.121. The van der Waals surface area contributed by atoms with Crippen LogP contribution in [-0.2, 0) is 11.2 Å². The Balaban J connectivity index is 1.55. The molecule has 0 unspecified atom stereocenters. The largest absolute Gasteiger partial charge is 0.353 e. The van der Waals surface area contributed by atoms with E-state index in [2.05, 4.69) is 17.2 Å². The normalized spacial score (nSPS) is 16.4. The molecule has 0 saturated heterocycles. The van der Waals surface area contributed by atoms with Crippen LogP contribution in [0.5, 0.6) is 0 Å². The number of pyridine rings is 1. The van der Waals surface area contributed by atoms with Crippen LogP contribution in [0.3, 0.4) is 0 Å². The molecule has 1 aliphatic rings. The number of benzene rings is 1. The number of aromatic nitrogens is 1. The summed E-state index contributed by atoms with van der Waals surface area (Å²) < 4.78 is 13.0. The van der Waals surface area contributed by atoms with Crippen LogP contribution >= 0.6 is 0 Å². The maximum atomic E-state index is 13.0. The number of hydrogen-bond acceptors (Lipinski definition) is 2. The van der Waals surface area contributed by atoms with Gasteiger partial charge in [0.2, 0.25) is 5.91 Å². The molecule has 0 radical (unpaired) electrons. The van der Waals surface area contributed by atoms with Gasteiger partial charge >= 0.3 is 0 Å². The summed E-state index contributed by atoms with van der Waals surface area (Å²) >= 11 is 0. The molecule has 1 heterocycles. The van der Waals surface area contributed by atoms with Crippen molar-refractivity contribution in [3.8, 4) is 11.3 Å². The van der Waals surface area contributed by atoms with Crippen LogP contribution in [-0.4, -0.2) is 16.9 Å². The van der Waals surface area contributed by atoms with Gasteiger partial charge < -0.3 is 5.32 Å². The first-order valence-electron chi connectivity index (χ1n) is 9.12. The number of carbonyl (C=O) groups is 1. The van der Waals surface area contributed by atoms with E-state index in [-0.39, 0.29) is 17.8 Å². The molecule has 132 valence electrons. The number of hydrogen-bond donors (Lipinski definition) is 1. The van der Waals surface area contributed by atoms with Crippen molar-refractivity contribution < 1.29 is 9.18 Å². The monoisotopic (exact) mass is 340 g/mol. The molecule has 1 aliphatic carbocycles. The lowest BCUT2D eigenvalue weighted by atomic mass is 9.84. The lowest BCUT2D eigenvalue weighted by Crippen LogP contribution is -2.39. The fourth-order valence-corrected chi connectivity index (χ4v) is 3.56. The highest BCUT2D eigenvalue weighted by molar-refractivity contribution is 5.78. The highest BCUT2D eigenvalue weighted by Crippen LogP contribution is 2.26. The summed E-state index contributed by atoms with van der Waals surface area (Å²) in [7, 11) is 0. The highest BCUT2D eigenvalue weighted by atomic mass is 19.1. The second-order valence-corrected chi connectivity index (χ2v) is 6.99. The second kappa shape index (κ2) is 8.24. The smallest absolute Gasteiger partial charge is 0.224 e. The molecule has 1 aromatic heterocycles. The number of nitrogens with one attached hydrogen (secondary N) is 1.